The van der Waals surface area contributed by atoms with Crippen molar-refractivity contribution < 1.29 is 18.3 Å². The second-order valence-corrected chi connectivity index (χ2v) is 8.50. The first-order chi connectivity index (χ1) is 16.3. The van der Waals surface area contributed by atoms with Crippen molar-refractivity contribution in [2.45, 2.75) is 25.6 Å². The summed E-state index contributed by atoms with van der Waals surface area (Å²) in [5.41, 5.74) is 3.03. The highest BCUT2D eigenvalue weighted by Crippen LogP contribution is 2.27. The Hall–Kier alpha value is -3.72. The van der Waals surface area contributed by atoms with E-state index in [0.717, 1.165) is 22.9 Å². The molecule has 1 amide bonds. The molecule has 1 N–H and O–H groups in total. The first kappa shape index (κ1) is 23.4. The Bertz CT molecular complexity index is 1420. The van der Waals surface area contributed by atoms with Crippen LogP contribution in [-0.4, -0.2) is 27.8 Å². The van der Waals surface area contributed by atoms with Crippen LogP contribution in [0.4, 0.5) is 14.5 Å². The van der Waals surface area contributed by atoms with Crippen LogP contribution in [0.25, 0.3) is 16.6 Å². The molecule has 0 bridgehead atoms. The molecular weight excluding hydrogens is 460 g/mol. The van der Waals surface area contributed by atoms with E-state index in [9.17, 15) is 18.4 Å². The Morgan fingerprint density at radius 1 is 1.09 bits per heavy atom. The molecule has 0 unspecified atom stereocenters. The summed E-state index contributed by atoms with van der Waals surface area (Å²) >= 11 is 1.08. The highest BCUT2D eigenvalue weighted by Gasteiger charge is 2.17. The number of fused-ring (bicyclic) bond motifs is 1. The molecule has 0 saturated heterocycles. The molecular formula is C25H21F2N3O3S. The zero-order valence-corrected chi connectivity index (χ0v) is 19.2. The van der Waals surface area contributed by atoms with Gasteiger partial charge in [0.2, 0.25) is 5.91 Å². The molecule has 9 heteroatoms. The van der Waals surface area contributed by atoms with E-state index in [1.807, 2.05) is 32.0 Å². The first-order valence-electron chi connectivity index (χ1n) is 10.4. The number of hydrogen-bond donors (Lipinski definition) is 1. The van der Waals surface area contributed by atoms with Gasteiger partial charge in [-0.3, -0.25) is 14.2 Å². The maximum atomic E-state index is 13.4. The normalized spacial score (nSPS) is 11.1. The highest BCUT2D eigenvalue weighted by molar-refractivity contribution is 7.99. The zero-order valence-electron chi connectivity index (χ0n) is 18.4. The molecule has 0 atom stereocenters. The van der Waals surface area contributed by atoms with E-state index >= 15 is 0 Å². The molecule has 0 aliphatic rings. The number of aromatic nitrogens is 2. The number of nitrogens with zero attached hydrogens (tertiary/aromatic N) is 2. The van der Waals surface area contributed by atoms with Gasteiger partial charge in [-0.15, -0.1) is 0 Å². The lowest BCUT2D eigenvalue weighted by Gasteiger charge is -2.16. The van der Waals surface area contributed by atoms with Crippen molar-refractivity contribution in [1.29, 1.82) is 0 Å². The molecule has 4 rings (SSSR count). The third-order valence-corrected chi connectivity index (χ3v) is 5.99. The van der Waals surface area contributed by atoms with Crippen molar-refractivity contribution >= 4 is 34.3 Å². The molecule has 0 aliphatic carbocycles. The summed E-state index contributed by atoms with van der Waals surface area (Å²) in [5.74, 6) is -0.685. The third kappa shape index (κ3) is 5.09. The largest absolute Gasteiger partial charge is 0.433 e. The maximum Gasteiger partial charge on any atom is 0.387 e. The lowest BCUT2D eigenvalue weighted by Crippen LogP contribution is -2.23. The molecule has 0 radical (unpaired) electrons. The SMILES string of the molecule is Cc1ccc(-n2c(SCC(=O)Nc3ccccc3OC(F)F)nc3ccccc3c2=O)c(C)c1. The number of ether oxygens (including phenoxy) is 1. The second-order valence-electron chi connectivity index (χ2n) is 7.55. The van der Waals surface area contributed by atoms with E-state index < -0.39 is 12.5 Å². The molecule has 4 aromatic rings. The van der Waals surface area contributed by atoms with Crippen LogP contribution in [0.3, 0.4) is 0 Å². The summed E-state index contributed by atoms with van der Waals surface area (Å²) in [7, 11) is 0. The summed E-state index contributed by atoms with van der Waals surface area (Å²) in [4.78, 5) is 30.7. The second kappa shape index (κ2) is 10.0. The standard InChI is InChI=1S/C25H21F2N3O3S/c1-15-11-12-20(16(2)13-15)30-23(32)17-7-3-4-8-18(17)29-25(30)34-14-22(31)28-19-9-5-6-10-21(19)33-24(26)27/h3-13,24H,14H2,1-2H3,(H,28,31). The van der Waals surface area contributed by atoms with Crippen LogP contribution in [0, 0.1) is 13.8 Å². The predicted molar refractivity (Wildman–Crippen MR) is 129 cm³/mol. The Morgan fingerprint density at radius 2 is 1.82 bits per heavy atom. The van der Waals surface area contributed by atoms with Crippen LogP contribution in [0.5, 0.6) is 5.75 Å². The number of alkyl halides is 2. The number of anilines is 1. The highest BCUT2D eigenvalue weighted by atomic mass is 32.2. The number of rotatable bonds is 7. The molecule has 3 aromatic carbocycles. The molecule has 1 heterocycles. The molecule has 0 fully saturated rings. The Kier molecular flexibility index (Phi) is 6.93. The predicted octanol–water partition coefficient (Wildman–Crippen LogP) is 5.33. The van der Waals surface area contributed by atoms with Crippen molar-refractivity contribution in [2.75, 3.05) is 11.1 Å². The number of carbonyl (C=O) groups excluding carboxylic acids is 1. The van der Waals surface area contributed by atoms with Gasteiger partial charge in [-0.05, 0) is 49.7 Å². The molecule has 0 aliphatic heterocycles. The maximum absolute atomic E-state index is 13.4. The molecule has 0 spiro atoms. The number of carbonyl (C=O) groups is 1. The van der Waals surface area contributed by atoms with Crippen LogP contribution in [0.2, 0.25) is 0 Å². The monoisotopic (exact) mass is 481 g/mol. The smallest absolute Gasteiger partial charge is 0.387 e. The number of nitrogens with one attached hydrogen (secondary N) is 1. The molecule has 6 nitrogen and oxygen atoms in total. The molecule has 174 valence electrons. The minimum atomic E-state index is -3.01. The van der Waals surface area contributed by atoms with Gasteiger partial charge in [0, 0.05) is 0 Å². The van der Waals surface area contributed by atoms with Gasteiger partial charge in [0.05, 0.1) is 28.0 Å². The molecule has 0 saturated carbocycles. The summed E-state index contributed by atoms with van der Waals surface area (Å²) in [6, 6.07) is 18.7. The quantitative estimate of drug-likeness (QED) is 0.285. The van der Waals surface area contributed by atoms with Gasteiger partial charge in [-0.2, -0.15) is 8.78 Å². The lowest BCUT2D eigenvalue weighted by molar-refractivity contribution is -0.113. The van der Waals surface area contributed by atoms with E-state index in [2.05, 4.69) is 15.0 Å². The van der Waals surface area contributed by atoms with Gasteiger partial charge in [-0.25, -0.2) is 4.98 Å². The van der Waals surface area contributed by atoms with Gasteiger partial charge < -0.3 is 10.1 Å². The van der Waals surface area contributed by atoms with E-state index in [0.29, 0.717) is 21.7 Å². The number of thioether (sulfide) groups is 1. The van der Waals surface area contributed by atoms with Crippen LogP contribution < -0.4 is 15.6 Å². The van der Waals surface area contributed by atoms with E-state index in [-0.39, 0.29) is 22.7 Å². The van der Waals surface area contributed by atoms with E-state index in [4.69, 9.17) is 0 Å². The number of halogens is 2. The molecule has 34 heavy (non-hydrogen) atoms. The Labute approximate surface area is 198 Å². The van der Waals surface area contributed by atoms with Crippen molar-refractivity contribution in [3.8, 4) is 11.4 Å². The van der Waals surface area contributed by atoms with Gasteiger partial charge in [-0.1, -0.05) is 53.7 Å². The molecule has 1 aromatic heterocycles. The fourth-order valence-electron chi connectivity index (χ4n) is 3.56. The Balaban J connectivity index is 1.66. The summed E-state index contributed by atoms with van der Waals surface area (Å²) in [6.45, 7) is 0.861. The topological polar surface area (TPSA) is 73.2 Å². The van der Waals surface area contributed by atoms with Crippen LogP contribution in [-0.2, 0) is 4.79 Å². The zero-order chi connectivity index (χ0) is 24.2. The van der Waals surface area contributed by atoms with Crippen molar-refractivity contribution in [3.63, 3.8) is 0 Å². The number of para-hydroxylation sites is 3. The lowest BCUT2D eigenvalue weighted by atomic mass is 10.1. The van der Waals surface area contributed by atoms with E-state index in [1.165, 1.54) is 22.8 Å². The van der Waals surface area contributed by atoms with Gasteiger partial charge >= 0.3 is 6.61 Å². The van der Waals surface area contributed by atoms with Crippen LogP contribution >= 0.6 is 11.8 Å². The summed E-state index contributed by atoms with van der Waals surface area (Å²) < 4.78 is 31.3. The average molecular weight is 482 g/mol. The van der Waals surface area contributed by atoms with Gasteiger partial charge in [0.25, 0.3) is 5.56 Å². The van der Waals surface area contributed by atoms with Crippen molar-refractivity contribution in [3.05, 3.63) is 88.2 Å². The average Bonchev–Trinajstić information content (AvgIpc) is 2.80. The fraction of sp³-hybridized carbons (Fsp3) is 0.160. The van der Waals surface area contributed by atoms with Crippen LogP contribution in [0.1, 0.15) is 11.1 Å². The summed E-state index contributed by atoms with van der Waals surface area (Å²) in [5, 5.41) is 3.40. The minimum absolute atomic E-state index is 0.0985. The van der Waals surface area contributed by atoms with Gasteiger partial charge in [0.15, 0.2) is 5.16 Å². The third-order valence-electron chi connectivity index (χ3n) is 5.05. The van der Waals surface area contributed by atoms with Crippen LogP contribution in [0.15, 0.2) is 76.7 Å². The number of benzene rings is 3. The first-order valence-corrected chi connectivity index (χ1v) is 11.4. The van der Waals surface area contributed by atoms with Crippen molar-refractivity contribution in [2.24, 2.45) is 0 Å². The Morgan fingerprint density at radius 3 is 2.59 bits per heavy atom. The van der Waals surface area contributed by atoms with E-state index in [1.54, 1.807) is 30.3 Å². The fourth-order valence-corrected chi connectivity index (χ4v) is 4.37. The number of amides is 1. The minimum Gasteiger partial charge on any atom is -0.433 e. The van der Waals surface area contributed by atoms with Crippen molar-refractivity contribution in [1.82, 2.24) is 9.55 Å². The summed E-state index contributed by atoms with van der Waals surface area (Å²) in [6.07, 6.45) is 0. The number of aryl methyl sites for hydroxylation is 2. The van der Waals surface area contributed by atoms with Gasteiger partial charge in [0.1, 0.15) is 5.75 Å². The number of hydrogen-bond acceptors (Lipinski definition) is 5.